The first kappa shape index (κ1) is 9.48. The van der Waals surface area contributed by atoms with Gasteiger partial charge in [0.1, 0.15) is 5.52 Å². The van der Waals surface area contributed by atoms with Crippen LogP contribution in [0.2, 0.25) is 0 Å². The molecule has 80 valence electrons. The van der Waals surface area contributed by atoms with E-state index in [0.29, 0.717) is 5.69 Å². The van der Waals surface area contributed by atoms with Crippen molar-refractivity contribution in [3.63, 3.8) is 0 Å². The maximum atomic E-state index is 8.62. The third kappa shape index (κ3) is 1.52. The minimum atomic E-state index is 0.512. The summed E-state index contributed by atoms with van der Waals surface area (Å²) in [6.07, 6.45) is 0. The molecule has 3 aromatic rings. The standard InChI is InChI=1S/C12H8N5/c13-14-9-5-7-10(8-6-9)17-12-4-2-1-3-11(12)15-16-17/h1-8H/q+1. The van der Waals surface area contributed by atoms with Crippen LogP contribution in [-0.2, 0) is 0 Å². The van der Waals surface area contributed by atoms with Gasteiger partial charge in [0.15, 0.2) is 4.98 Å². The zero-order chi connectivity index (χ0) is 11.7. The second kappa shape index (κ2) is 3.68. The topological polar surface area (TPSA) is 58.9 Å². The van der Waals surface area contributed by atoms with Crippen LogP contribution in [0.25, 0.3) is 21.7 Å². The van der Waals surface area contributed by atoms with E-state index in [1.165, 1.54) is 0 Å². The van der Waals surface area contributed by atoms with Gasteiger partial charge < -0.3 is 0 Å². The predicted octanol–water partition coefficient (Wildman–Crippen LogP) is 2.91. The minimum Gasteiger partial charge on any atom is -0.213 e. The van der Waals surface area contributed by atoms with E-state index in [1.807, 2.05) is 36.4 Å². The van der Waals surface area contributed by atoms with Gasteiger partial charge in [-0.3, -0.25) is 0 Å². The monoisotopic (exact) mass is 222 g/mol. The van der Waals surface area contributed by atoms with Crippen molar-refractivity contribution in [2.45, 2.75) is 0 Å². The SMILES string of the molecule is N#[N+]c1ccc(-n2nnc3ccccc32)cc1. The number of aromatic nitrogens is 3. The van der Waals surface area contributed by atoms with Crippen LogP contribution in [0.15, 0.2) is 48.5 Å². The second-order valence-electron chi connectivity index (χ2n) is 3.61. The maximum absolute atomic E-state index is 8.62. The molecular weight excluding hydrogens is 214 g/mol. The van der Waals surface area contributed by atoms with Gasteiger partial charge in [-0.1, -0.05) is 17.3 Å². The van der Waals surface area contributed by atoms with Crippen molar-refractivity contribution in [1.82, 2.24) is 15.0 Å². The number of fused-ring (bicyclic) bond motifs is 1. The van der Waals surface area contributed by atoms with Crippen LogP contribution in [0.5, 0.6) is 0 Å². The molecule has 0 fully saturated rings. The lowest BCUT2D eigenvalue weighted by atomic mass is 10.2. The Morgan fingerprint density at radius 2 is 1.76 bits per heavy atom. The van der Waals surface area contributed by atoms with E-state index in [0.717, 1.165) is 16.7 Å². The molecule has 0 aliphatic rings. The van der Waals surface area contributed by atoms with E-state index in [-0.39, 0.29) is 0 Å². The first-order valence-corrected chi connectivity index (χ1v) is 5.14. The van der Waals surface area contributed by atoms with E-state index >= 15 is 0 Å². The molecule has 0 atom stereocenters. The Balaban J connectivity index is 2.17. The average molecular weight is 222 g/mol. The number of hydrogen-bond acceptors (Lipinski definition) is 3. The van der Waals surface area contributed by atoms with Gasteiger partial charge in [0, 0.05) is 12.1 Å². The van der Waals surface area contributed by atoms with Gasteiger partial charge in [-0.05, 0) is 24.3 Å². The number of hydrogen-bond donors (Lipinski definition) is 0. The highest BCUT2D eigenvalue weighted by atomic mass is 15.4. The van der Waals surface area contributed by atoms with Gasteiger partial charge in [0.05, 0.1) is 11.2 Å². The zero-order valence-corrected chi connectivity index (χ0v) is 8.85. The fourth-order valence-corrected chi connectivity index (χ4v) is 1.72. The summed E-state index contributed by atoms with van der Waals surface area (Å²) in [4.78, 5) is 3.11. The summed E-state index contributed by atoms with van der Waals surface area (Å²) >= 11 is 0. The molecule has 17 heavy (non-hydrogen) atoms. The van der Waals surface area contributed by atoms with Gasteiger partial charge in [-0.15, -0.1) is 5.10 Å². The number of diazo groups is 1. The van der Waals surface area contributed by atoms with Crippen LogP contribution in [0, 0.1) is 5.39 Å². The molecule has 0 radical (unpaired) electrons. The molecule has 0 aliphatic carbocycles. The Kier molecular flexibility index (Phi) is 2.06. The lowest BCUT2D eigenvalue weighted by Gasteiger charge is -1.99. The molecule has 0 spiro atoms. The van der Waals surface area contributed by atoms with Crippen molar-refractivity contribution in [3.05, 3.63) is 53.5 Å². The highest BCUT2D eigenvalue weighted by molar-refractivity contribution is 5.76. The van der Waals surface area contributed by atoms with Crippen LogP contribution in [-0.4, -0.2) is 15.0 Å². The summed E-state index contributed by atoms with van der Waals surface area (Å²) in [6, 6.07) is 14.8. The highest BCUT2D eigenvalue weighted by Gasteiger charge is 2.08. The Labute approximate surface area is 96.9 Å². The fraction of sp³-hybridized carbons (Fsp3) is 0. The molecule has 1 aromatic heterocycles. The molecule has 5 nitrogen and oxygen atoms in total. The number of nitrogens with zero attached hydrogens (tertiary/aromatic N) is 5. The maximum Gasteiger partial charge on any atom is 0.385 e. The summed E-state index contributed by atoms with van der Waals surface area (Å²) in [6.45, 7) is 0. The van der Waals surface area contributed by atoms with Gasteiger partial charge in [0.25, 0.3) is 0 Å². The average Bonchev–Trinajstić information content (AvgIpc) is 2.83. The molecule has 0 bridgehead atoms. The van der Waals surface area contributed by atoms with Crippen molar-refractivity contribution in [3.8, 4) is 5.69 Å². The van der Waals surface area contributed by atoms with Gasteiger partial charge in [-0.25, -0.2) is 4.68 Å². The Morgan fingerprint density at radius 3 is 2.53 bits per heavy atom. The molecule has 3 rings (SSSR count). The van der Waals surface area contributed by atoms with E-state index in [9.17, 15) is 0 Å². The third-order valence-electron chi connectivity index (χ3n) is 2.56. The van der Waals surface area contributed by atoms with E-state index in [4.69, 9.17) is 5.39 Å². The molecule has 1 heterocycles. The quantitative estimate of drug-likeness (QED) is 0.595. The zero-order valence-electron chi connectivity index (χ0n) is 8.85. The fourth-order valence-electron chi connectivity index (χ4n) is 1.72. The molecule has 0 amide bonds. The van der Waals surface area contributed by atoms with Crippen molar-refractivity contribution < 1.29 is 0 Å². The van der Waals surface area contributed by atoms with Crippen molar-refractivity contribution >= 4 is 16.7 Å². The molecule has 2 aromatic carbocycles. The first-order chi connectivity index (χ1) is 8.38. The lowest BCUT2D eigenvalue weighted by Crippen LogP contribution is -1.95. The highest BCUT2D eigenvalue weighted by Crippen LogP contribution is 2.18. The van der Waals surface area contributed by atoms with Crippen LogP contribution in [0.3, 0.4) is 0 Å². The Morgan fingerprint density at radius 1 is 1.00 bits per heavy atom. The van der Waals surface area contributed by atoms with Gasteiger partial charge in [0.2, 0.25) is 5.39 Å². The second-order valence-corrected chi connectivity index (χ2v) is 3.61. The van der Waals surface area contributed by atoms with E-state index in [1.54, 1.807) is 16.8 Å². The molecule has 0 saturated carbocycles. The summed E-state index contributed by atoms with van der Waals surface area (Å²) in [7, 11) is 0. The van der Waals surface area contributed by atoms with Crippen LogP contribution >= 0.6 is 0 Å². The Bertz CT molecular complexity index is 706. The summed E-state index contributed by atoms with van der Waals surface area (Å²) in [5.74, 6) is 0. The van der Waals surface area contributed by atoms with E-state index < -0.39 is 0 Å². The van der Waals surface area contributed by atoms with Crippen LogP contribution in [0.1, 0.15) is 0 Å². The summed E-state index contributed by atoms with van der Waals surface area (Å²) in [5, 5.41) is 16.8. The third-order valence-corrected chi connectivity index (χ3v) is 2.56. The molecule has 0 saturated heterocycles. The molecule has 0 unspecified atom stereocenters. The Hall–Kier alpha value is -2.74. The number of rotatable bonds is 1. The summed E-state index contributed by atoms with van der Waals surface area (Å²) < 4.78 is 1.75. The van der Waals surface area contributed by atoms with Crippen molar-refractivity contribution in [2.75, 3.05) is 0 Å². The smallest absolute Gasteiger partial charge is 0.213 e. The van der Waals surface area contributed by atoms with Crippen LogP contribution < -0.4 is 0 Å². The predicted molar refractivity (Wildman–Crippen MR) is 63.6 cm³/mol. The largest absolute Gasteiger partial charge is 0.385 e. The molecule has 5 heteroatoms. The molecule has 0 aliphatic heterocycles. The first-order valence-electron chi connectivity index (χ1n) is 5.14. The van der Waals surface area contributed by atoms with Gasteiger partial charge >= 0.3 is 5.69 Å². The van der Waals surface area contributed by atoms with Gasteiger partial charge in [-0.2, -0.15) is 0 Å². The molecular formula is C12H8N5+. The van der Waals surface area contributed by atoms with Crippen molar-refractivity contribution in [2.24, 2.45) is 0 Å². The lowest BCUT2D eigenvalue weighted by molar-refractivity contribution is 0.824. The number of benzene rings is 2. The summed E-state index contributed by atoms with van der Waals surface area (Å²) in [5.41, 5.74) is 3.19. The number of para-hydroxylation sites is 1. The van der Waals surface area contributed by atoms with Crippen LogP contribution in [0.4, 0.5) is 5.69 Å². The minimum absolute atomic E-state index is 0.512. The van der Waals surface area contributed by atoms with E-state index in [2.05, 4.69) is 15.3 Å². The van der Waals surface area contributed by atoms with Crippen molar-refractivity contribution in [1.29, 1.82) is 5.39 Å². The normalized spacial score (nSPS) is 10.3. The molecule has 0 N–H and O–H groups in total.